The minimum atomic E-state index is -1.17. The molecule has 1 aliphatic rings. The van der Waals surface area contributed by atoms with E-state index in [0.717, 1.165) is 49.6 Å². The lowest BCUT2D eigenvalue weighted by atomic mass is 10.0. The average molecular weight is 698 g/mol. The second kappa shape index (κ2) is 12.8. The first-order valence-corrected chi connectivity index (χ1v) is 17.8. The molecule has 0 fully saturated rings. The van der Waals surface area contributed by atoms with Gasteiger partial charge in [-0.15, -0.1) is 0 Å². The summed E-state index contributed by atoms with van der Waals surface area (Å²) >= 11 is 0. The first kappa shape index (κ1) is 31.5. The number of carbonyl (C=O) groups excluding carboxylic acids is 1. The molecule has 1 amide bonds. The van der Waals surface area contributed by atoms with E-state index in [1.807, 2.05) is 158 Å². The standard InChI is InChI=1S/C47H31N5O2/c53-46-37-25-14-28-40(41(37)47(54)51(46)34-22-12-21-33(29-34)30-15-4-1-5-16-30)52-39-27-11-10-23-35(39)36-24-13-26-38(42(36)52)45-49-43(31-17-6-2-7-18-31)48-44(50-45)32-19-8-3-9-20-32/h1-29,46,53H. The lowest BCUT2D eigenvalue weighted by Crippen LogP contribution is -2.27. The van der Waals surface area contributed by atoms with Gasteiger partial charge in [0.25, 0.3) is 5.91 Å². The summed E-state index contributed by atoms with van der Waals surface area (Å²) < 4.78 is 2.13. The van der Waals surface area contributed by atoms with Crippen molar-refractivity contribution in [3.8, 4) is 51.0 Å². The van der Waals surface area contributed by atoms with E-state index in [1.165, 1.54) is 4.90 Å². The van der Waals surface area contributed by atoms with Crippen LogP contribution in [0.3, 0.4) is 0 Å². The number of para-hydroxylation sites is 2. The Balaban J connectivity index is 1.19. The third kappa shape index (κ3) is 5.10. The molecular weight excluding hydrogens is 667 g/mol. The molecule has 256 valence electrons. The van der Waals surface area contributed by atoms with Crippen molar-refractivity contribution in [3.63, 3.8) is 0 Å². The Bertz CT molecular complexity index is 2810. The van der Waals surface area contributed by atoms with Crippen molar-refractivity contribution in [1.82, 2.24) is 19.5 Å². The first-order valence-electron chi connectivity index (χ1n) is 17.8. The Morgan fingerprint density at radius 3 is 1.76 bits per heavy atom. The molecule has 9 aromatic rings. The number of aliphatic hydroxyl groups excluding tert-OH is 1. The Kier molecular flexibility index (Phi) is 7.45. The van der Waals surface area contributed by atoms with E-state index in [9.17, 15) is 9.90 Å². The number of hydrogen-bond donors (Lipinski definition) is 1. The molecule has 54 heavy (non-hydrogen) atoms. The molecule has 7 nitrogen and oxygen atoms in total. The summed E-state index contributed by atoms with van der Waals surface area (Å²) in [7, 11) is 0. The maximum absolute atomic E-state index is 14.7. The van der Waals surface area contributed by atoms with Gasteiger partial charge < -0.3 is 9.67 Å². The van der Waals surface area contributed by atoms with Gasteiger partial charge in [-0.25, -0.2) is 15.0 Å². The molecule has 0 aliphatic carbocycles. The molecule has 1 unspecified atom stereocenters. The van der Waals surface area contributed by atoms with Crippen LogP contribution in [-0.2, 0) is 0 Å². The van der Waals surface area contributed by atoms with Gasteiger partial charge in [0.15, 0.2) is 23.7 Å². The van der Waals surface area contributed by atoms with Crippen LogP contribution < -0.4 is 4.90 Å². The highest BCUT2D eigenvalue weighted by Gasteiger charge is 2.39. The zero-order valence-corrected chi connectivity index (χ0v) is 28.9. The van der Waals surface area contributed by atoms with E-state index in [4.69, 9.17) is 15.0 Å². The Morgan fingerprint density at radius 2 is 1.06 bits per heavy atom. The summed E-state index contributed by atoms with van der Waals surface area (Å²) in [5.74, 6) is 1.35. The highest BCUT2D eigenvalue weighted by molar-refractivity contribution is 6.17. The van der Waals surface area contributed by atoms with Crippen LogP contribution in [0.5, 0.6) is 0 Å². The number of aromatic nitrogens is 4. The average Bonchev–Trinajstić information content (AvgIpc) is 3.72. The van der Waals surface area contributed by atoms with Gasteiger partial charge in [0.1, 0.15) is 0 Å². The lowest BCUT2D eigenvalue weighted by molar-refractivity contribution is 0.0935. The maximum Gasteiger partial charge on any atom is 0.263 e. The van der Waals surface area contributed by atoms with E-state index in [0.29, 0.717) is 40.0 Å². The Hall–Kier alpha value is -7.22. The van der Waals surface area contributed by atoms with Crippen LogP contribution >= 0.6 is 0 Å². The van der Waals surface area contributed by atoms with Crippen molar-refractivity contribution in [3.05, 3.63) is 187 Å². The summed E-state index contributed by atoms with van der Waals surface area (Å²) in [6.07, 6.45) is -1.17. The quantitative estimate of drug-likeness (QED) is 0.187. The molecule has 0 saturated carbocycles. The molecule has 1 N–H and O–H groups in total. The summed E-state index contributed by atoms with van der Waals surface area (Å²) in [5, 5.41) is 13.9. The first-order chi connectivity index (χ1) is 26.6. The van der Waals surface area contributed by atoms with Crippen LogP contribution in [0.2, 0.25) is 0 Å². The van der Waals surface area contributed by atoms with Crippen LogP contribution in [0.25, 0.3) is 72.8 Å². The minimum absolute atomic E-state index is 0.278. The monoisotopic (exact) mass is 697 g/mol. The number of amides is 1. The van der Waals surface area contributed by atoms with Gasteiger partial charge in [0.2, 0.25) is 0 Å². The van der Waals surface area contributed by atoms with Crippen LogP contribution in [0, 0.1) is 0 Å². The minimum Gasteiger partial charge on any atom is -0.369 e. The van der Waals surface area contributed by atoms with E-state index in [1.54, 1.807) is 0 Å². The molecule has 1 aliphatic heterocycles. The normalized spacial score (nSPS) is 13.8. The maximum atomic E-state index is 14.7. The number of rotatable bonds is 6. The fourth-order valence-corrected chi connectivity index (χ4v) is 7.67. The number of benzene rings is 7. The number of fused-ring (bicyclic) bond motifs is 4. The molecule has 10 rings (SSSR count). The van der Waals surface area contributed by atoms with Gasteiger partial charge in [-0.1, -0.05) is 146 Å². The molecule has 2 aromatic heterocycles. The molecule has 0 radical (unpaired) electrons. The second-order valence-electron chi connectivity index (χ2n) is 13.3. The third-order valence-corrected chi connectivity index (χ3v) is 10.1. The van der Waals surface area contributed by atoms with Gasteiger partial charge in [-0.05, 0) is 41.5 Å². The Labute approximate surface area is 311 Å². The number of nitrogens with zero attached hydrogens (tertiary/aromatic N) is 5. The summed E-state index contributed by atoms with van der Waals surface area (Å²) in [6, 6.07) is 57.6. The number of anilines is 1. The van der Waals surface area contributed by atoms with Gasteiger partial charge in [0, 0.05) is 38.7 Å². The summed E-state index contributed by atoms with van der Waals surface area (Å²) in [6.45, 7) is 0. The van der Waals surface area contributed by atoms with Crippen molar-refractivity contribution in [2.24, 2.45) is 0 Å². The van der Waals surface area contributed by atoms with E-state index in [-0.39, 0.29) is 5.91 Å². The van der Waals surface area contributed by atoms with Gasteiger partial charge >= 0.3 is 0 Å². The Morgan fingerprint density at radius 1 is 0.500 bits per heavy atom. The topological polar surface area (TPSA) is 84.1 Å². The fourth-order valence-electron chi connectivity index (χ4n) is 7.67. The predicted molar refractivity (Wildman–Crippen MR) is 214 cm³/mol. The van der Waals surface area contributed by atoms with Crippen molar-refractivity contribution >= 4 is 33.4 Å². The molecule has 0 saturated heterocycles. The number of hydrogen-bond acceptors (Lipinski definition) is 5. The molecule has 0 bridgehead atoms. The van der Waals surface area contributed by atoms with E-state index >= 15 is 0 Å². The van der Waals surface area contributed by atoms with Crippen molar-refractivity contribution in [2.75, 3.05) is 4.90 Å². The zero-order chi connectivity index (χ0) is 36.2. The lowest BCUT2D eigenvalue weighted by Gasteiger charge is -2.21. The van der Waals surface area contributed by atoms with Gasteiger partial charge in [0.05, 0.1) is 22.3 Å². The van der Waals surface area contributed by atoms with Crippen molar-refractivity contribution < 1.29 is 9.90 Å². The molecule has 3 heterocycles. The van der Waals surface area contributed by atoms with E-state index < -0.39 is 6.23 Å². The smallest absolute Gasteiger partial charge is 0.263 e. The van der Waals surface area contributed by atoms with Crippen molar-refractivity contribution in [1.29, 1.82) is 0 Å². The van der Waals surface area contributed by atoms with Gasteiger partial charge in [-0.2, -0.15) is 0 Å². The van der Waals surface area contributed by atoms with E-state index in [2.05, 4.69) is 22.8 Å². The third-order valence-electron chi connectivity index (χ3n) is 10.1. The van der Waals surface area contributed by atoms with Crippen LogP contribution in [0.4, 0.5) is 5.69 Å². The molecule has 0 spiro atoms. The fraction of sp³-hybridized carbons (Fsp3) is 0.0213. The van der Waals surface area contributed by atoms with Crippen LogP contribution in [0.1, 0.15) is 22.1 Å². The largest absolute Gasteiger partial charge is 0.369 e. The SMILES string of the molecule is O=C1c2c(cccc2-n2c3ccccc3c3cccc(-c4nc(-c5ccccc5)nc(-c5ccccc5)n4)c32)C(O)N1c1cccc(-c2ccccc2)c1. The summed E-state index contributed by atoms with van der Waals surface area (Å²) in [5.41, 5.74) is 8.57. The molecule has 1 atom stereocenters. The molecule has 7 aromatic carbocycles. The number of aliphatic hydroxyl groups is 1. The second-order valence-corrected chi connectivity index (χ2v) is 13.3. The number of carbonyl (C=O) groups is 1. The van der Waals surface area contributed by atoms with Gasteiger partial charge in [-0.3, -0.25) is 9.69 Å². The predicted octanol–water partition coefficient (Wildman–Crippen LogP) is 10.3. The molecule has 7 heteroatoms. The highest BCUT2D eigenvalue weighted by atomic mass is 16.3. The van der Waals surface area contributed by atoms with Crippen LogP contribution in [0.15, 0.2) is 176 Å². The summed E-state index contributed by atoms with van der Waals surface area (Å²) in [4.78, 5) is 31.3. The van der Waals surface area contributed by atoms with Crippen molar-refractivity contribution in [2.45, 2.75) is 6.23 Å². The van der Waals surface area contributed by atoms with Crippen LogP contribution in [-0.4, -0.2) is 30.5 Å². The molecular formula is C47H31N5O2. The zero-order valence-electron chi connectivity index (χ0n) is 28.9. The highest BCUT2D eigenvalue weighted by Crippen LogP contribution is 2.43.